The zero-order valence-corrected chi connectivity index (χ0v) is 40.0. The lowest BCUT2D eigenvalue weighted by Crippen LogP contribution is -2.81. The number of likely N-dealkylation sites (N-methyl/N-ethyl adjacent to an activating group) is 1. The van der Waals surface area contributed by atoms with Crippen molar-refractivity contribution in [1.29, 1.82) is 0 Å². The monoisotopic (exact) mass is 930 g/mol. The number of anilines is 1. The maximum atomic E-state index is 15.3. The maximum absolute atomic E-state index is 15.3. The van der Waals surface area contributed by atoms with Crippen LogP contribution in [0, 0.1) is 11.3 Å². The average Bonchev–Trinajstić information content (AvgIpc) is 3.95. The van der Waals surface area contributed by atoms with E-state index in [2.05, 4.69) is 39.1 Å². The van der Waals surface area contributed by atoms with Gasteiger partial charge < -0.3 is 49.3 Å². The number of carboxylic acids is 2. The second-order valence-corrected chi connectivity index (χ2v) is 19.2. The van der Waals surface area contributed by atoms with E-state index in [1.165, 1.54) is 21.1 Å². The van der Waals surface area contributed by atoms with Gasteiger partial charge in [0.2, 0.25) is 5.60 Å². The van der Waals surface area contributed by atoms with Gasteiger partial charge in [0.25, 0.3) is 11.9 Å². The molecule has 0 radical (unpaired) electrons. The lowest BCUT2D eigenvalue weighted by molar-refractivity contribution is -0.228. The summed E-state index contributed by atoms with van der Waals surface area (Å²) in [5.74, 6) is -3.23. The van der Waals surface area contributed by atoms with Crippen molar-refractivity contribution in [3.63, 3.8) is 0 Å². The number of benzene rings is 2. The van der Waals surface area contributed by atoms with E-state index < -0.39 is 69.4 Å². The van der Waals surface area contributed by atoms with Gasteiger partial charge in [0.15, 0.2) is 6.10 Å². The number of carboxylic acid groups (broad SMARTS) is 2. The van der Waals surface area contributed by atoms with Gasteiger partial charge in [0.05, 0.1) is 33.0 Å². The highest BCUT2D eigenvalue weighted by molar-refractivity contribution is 5.95. The SMILES string of the molecule is CC(=O)O.CC(=O)O.CC[C@@]1(O)C[C@H]2CN(CCc3c([nH]c4ccccc34)[C@@](C(=O)OC)(c3cc4c(cc3OC)N(C)[C@H]3[C@@](O)(C(=O)OC)[C@H](OC(C)=O)[C@]5(CC)C=CCN6CC[C@]43[C@@H]65)C2)C1. The van der Waals surface area contributed by atoms with Crippen molar-refractivity contribution < 1.29 is 63.3 Å². The number of nitrogens with zero attached hydrogens (tertiary/aromatic N) is 3. The van der Waals surface area contributed by atoms with E-state index >= 15 is 4.79 Å². The summed E-state index contributed by atoms with van der Waals surface area (Å²) in [6.07, 6.45) is 5.94. The van der Waals surface area contributed by atoms with Crippen LogP contribution < -0.4 is 9.64 Å². The predicted molar refractivity (Wildman–Crippen MR) is 247 cm³/mol. The van der Waals surface area contributed by atoms with Gasteiger partial charge in [-0.1, -0.05) is 44.2 Å². The number of methoxy groups -OCH3 is 3. The highest BCUT2D eigenvalue weighted by atomic mass is 16.6. The number of nitrogens with one attached hydrogen (secondary N) is 1. The smallest absolute Gasteiger partial charge is 0.344 e. The second-order valence-electron chi connectivity index (χ2n) is 19.2. The first-order valence-electron chi connectivity index (χ1n) is 23.1. The molecule has 0 amide bonds. The Hall–Kier alpha value is -5.49. The van der Waals surface area contributed by atoms with Crippen molar-refractivity contribution in [3.05, 3.63) is 70.9 Å². The molecule has 3 aromatic rings. The number of aliphatic hydroxyl groups is 2. The number of aliphatic carboxylic acids is 2. The normalized spacial score (nSPS) is 33.3. The van der Waals surface area contributed by atoms with Gasteiger partial charge >= 0.3 is 17.9 Å². The summed E-state index contributed by atoms with van der Waals surface area (Å²) in [5.41, 5.74) is -1.62. The first-order valence-corrected chi connectivity index (χ1v) is 23.1. The van der Waals surface area contributed by atoms with Crippen LogP contribution in [0.2, 0.25) is 0 Å². The minimum atomic E-state index is -2.30. The van der Waals surface area contributed by atoms with Crippen molar-refractivity contribution in [2.45, 2.75) is 113 Å². The topological polar surface area (TPSA) is 229 Å². The van der Waals surface area contributed by atoms with E-state index in [-0.39, 0.29) is 12.0 Å². The van der Waals surface area contributed by atoms with E-state index in [9.17, 15) is 19.8 Å². The van der Waals surface area contributed by atoms with Crippen LogP contribution in [0.15, 0.2) is 48.6 Å². The molecular weight excluding hydrogens is 865 g/mol. The zero-order chi connectivity index (χ0) is 49.0. The summed E-state index contributed by atoms with van der Waals surface area (Å²) >= 11 is 0. The van der Waals surface area contributed by atoms with Crippen molar-refractivity contribution in [3.8, 4) is 5.75 Å². The van der Waals surface area contributed by atoms with Crippen LogP contribution in [0.4, 0.5) is 5.69 Å². The number of ether oxygens (including phenoxy) is 4. The van der Waals surface area contributed by atoms with Crippen molar-refractivity contribution >= 4 is 46.4 Å². The molecule has 1 aromatic heterocycles. The molecule has 364 valence electrons. The molecule has 9 rings (SSSR count). The number of carbonyl (C=O) groups is 5. The van der Waals surface area contributed by atoms with E-state index in [4.69, 9.17) is 38.7 Å². The van der Waals surface area contributed by atoms with Crippen LogP contribution in [-0.2, 0) is 55.4 Å². The summed E-state index contributed by atoms with van der Waals surface area (Å²) in [5, 5.41) is 41.2. The molecule has 6 heterocycles. The largest absolute Gasteiger partial charge is 0.496 e. The van der Waals surface area contributed by atoms with Crippen LogP contribution in [0.3, 0.4) is 0 Å². The van der Waals surface area contributed by atoms with Gasteiger partial charge in [0.1, 0.15) is 11.2 Å². The number of rotatable bonds is 7. The summed E-state index contributed by atoms with van der Waals surface area (Å²) < 4.78 is 23.9. The highest BCUT2D eigenvalue weighted by Gasteiger charge is 2.80. The van der Waals surface area contributed by atoms with Gasteiger partial charge in [-0.2, -0.15) is 0 Å². The zero-order valence-electron chi connectivity index (χ0n) is 40.0. The fourth-order valence-electron chi connectivity index (χ4n) is 13.5. The minimum absolute atomic E-state index is 0.0986. The molecule has 5 aliphatic heterocycles. The number of para-hydroxylation sites is 1. The molecule has 17 nitrogen and oxygen atoms in total. The Kier molecular flexibility index (Phi) is 13.4. The van der Waals surface area contributed by atoms with Gasteiger partial charge in [-0.25, -0.2) is 4.79 Å². The third-order valence-electron chi connectivity index (χ3n) is 15.6. The highest BCUT2D eigenvalue weighted by Crippen LogP contribution is 2.68. The number of hydrogen-bond acceptors (Lipinski definition) is 14. The third-order valence-corrected chi connectivity index (χ3v) is 15.6. The summed E-state index contributed by atoms with van der Waals surface area (Å²) in [4.78, 5) is 71.2. The summed E-state index contributed by atoms with van der Waals surface area (Å²) in [6.45, 7) is 10.8. The van der Waals surface area contributed by atoms with Gasteiger partial charge in [-0.15, -0.1) is 0 Å². The number of hydrogen-bond donors (Lipinski definition) is 5. The molecule has 2 saturated heterocycles. The second kappa shape index (κ2) is 18.2. The molecular formula is C50H66N4O13. The van der Waals surface area contributed by atoms with Crippen molar-refractivity contribution in [2.75, 3.05) is 66.0 Å². The van der Waals surface area contributed by atoms with Crippen LogP contribution in [-0.4, -0.2) is 156 Å². The Bertz CT molecular complexity index is 2450. The van der Waals surface area contributed by atoms with Crippen LogP contribution in [0.5, 0.6) is 5.75 Å². The van der Waals surface area contributed by atoms with Crippen molar-refractivity contribution in [1.82, 2.24) is 14.8 Å². The molecule has 17 heteroatoms. The Morgan fingerprint density at radius 3 is 2.15 bits per heavy atom. The Morgan fingerprint density at radius 1 is 0.866 bits per heavy atom. The Morgan fingerprint density at radius 2 is 1.54 bits per heavy atom. The molecule has 2 aromatic carbocycles. The molecule has 2 bridgehead atoms. The van der Waals surface area contributed by atoms with Gasteiger partial charge in [-0.3, -0.25) is 29.0 Å². The summed E-state index contributed by atoms with van der Waals surface area (Å²) in [7, 11) is 6.15. The van der Waals surface area contributed by atoms with E-state index in [1.54, 1.807) is 7.11 Å². The van der Waals surface area contributed by atoms with E-state index in [0.717, 1.165) is 47.3 Å². The molecule has 67 heavy (non-hydrogen) atoms. The molecule has 1 aliphatic carbocycles. The summed E-state index contributed by atoms with van der Waals surface area (Å²) in [6, 6.07) is 11.0. The van der Waals surface area contributed by atoms with Crippen molar-refractivity contribution in [2.24, 2.45) is 11.3 Å². The number of carbonyl (C=O) groups excluding carboxylic acids is 3. The quantitative estimate of drug-likeness (QED) is 0.127. The molecule has 6 aliphatic rings. The molecule has 10 atom stereocenters. The molecule has 1 unspecified atom stereocenters. The third kappa shape index (κ3) is 7.65. The fourth-order valence-corrected chi connectivity index (χ4v) is 13.5. The predicted octanol–water partition coefficient (Wildman–Crippen LogP) is 4.17. The number of fused-ring (bicyclic) bond motifs is 6. The fraction of sp³-hybridized carbons (Fsp3) is 0.580. The average molecular weight is 931 g/mol. The van der Waals surface area contributed by atoms with Crippen LogP contribution in [0.1, 0.15) is 89.1 Å². The number of aromatic amines is 1. The first-order chi connectivity index (χ1) is 31.7. The van der Waals surface area contributed by atoms with E-state index in [0.29, 0.717) is 82.6 Å². The molecule has 5 N–H and O–H groups in total. The molecule has 1 saturated carbocycles. The number of aromatic nitrogens is 1. The van der Waals surface area contributed by atoms with Gasteiger partial charge in [0, 0.05) is 105 Å². The Balaban J connectivity index is 0.000000773. The lowest BCUT2D eigenvalue weighted by Gasteiger charge is -2.63. The number of piperidine rings is 1. The molecule has 3 fully saturated rings. The molecule has 1 spiro atoms. The Labute approximate surface area is 391 Å². The minimum Gasteiger partial charge on any atom is -0.496 e. The van der Waals surface area contributed by atoms with Crippen LogP contribution >= 0.6 is 0 Å². The lowest BCUT2D eigenvalue weighted by atomic mass is 9.47. The van der Waals surface area contributed by atoms with Crippen LogP contribution in [0.25, 0.3) is 10.9 Å². The van der Waals surface area contributed by atoms with E-state index in [1.807, 2.05) is 50.1 Å². The standard InChI is InChI=1S/C46H58N4O9.2C2H4O2/c1-8-42(54)23-28-24-45(40(52)57-6,36-30(15-19-49(25-28)26-42)29-13-10-11-14-33(29)47-36)32-21-31-34(22-35(32)56-5)48(4)38-44(31)17-20-50-18-12-16-43(9-2,37(44)50)39(59-27(3)51)46(38,55)41(53)58-7;2*1-2(3)4/h10-14,16,21-22,28,37-39,47,54-55H,8-9,15,17-20,23-26H2,1-7H3;2*1H3,(H,3,4)/t28-,37+,38-,39-,42-,43-,44-,45+,46+;;/m1../s1. The number of esters is 3. The maximum Gasteiger partial charge on any atom is 0.344 e. The first kappa shape index (κ1) is 49.4. The number of H-pyrrole nitrogens is 1. The van der Waals surface area contributed by atoms with Gasteiger partial charge in [-0.05, 0) is 74.2 Å².